The van der Waals surface area contributed by atoms with Crippen molar-refractivity contribution in [1.82, 2.24) is 19.9 Å². The summed E-state index contributed by atoms with van der Waals surface area (Å²) < 4.78 is 5.29. The molecule has 1 saturated heterocycles. The molecule has 0 spiro atoms. The van der Waals surface area contributed by atoms with Crippen LogP contribution in [0.5, 0.6) is 5.75 Å². The molecular weight excluding hydrogens is 256 g/mol. The highest BCUT2D eigenvalue weighted by molar-refractivity contribution is 5.61. The molecule has 3 rings (SSSR count). The van der Waals surface area contributed by atoms with Gasteiger partial charge in [-0.2, -0.15) is 15.0 Å². The molecule has 1 aliphatic rings. The molecule has 2 aromatic heterocycles. The first-order chi connectivity index (χ1) is 9.78. The summed E-state index contributed by atoms with van der Waals surface area (Å²) in [5, 5.41) is 0. The second-order valence-corrected chi connectivity index (χ2v) is 4.57. The van der Waals surface area contributed by atoms with Crippen molar-refractivity contribution in [2.45, 2.75) is 12.8 Å². The van der Waals surface area contributed by atoms with Gasteiger partial charge in [0, 0.05) is 19.3 Å². The summed E-state index contributed by atoms with van der Waals surface area (Å²) >= 11 is 0. The Labute approximate surface area is 116 Å². The van der Waals surface area contributed by atoms with E-state index in [4.69, 9.17) is 10.5 Å². The summed E-state index contributed by atoms with van der Waals surface area (Å²) in [7, 11) is 1.59. The number of rotatable bonds is 3. The lowest BCUT2D eigenvalue weighted by Gasteiger charge is -2.16. The summed E-state index contributed by atoms with van der Waals surface area (Å²) in [4.78, 5) is 19.2. The van der Waals surface area contributed by atoms with E-state index in [1.165, 1.54) is 0 Å². The van der Waals surface area contributed by atoms with Gasteiger partial charge in [0.25, 0.3) is 0 Å². The van der Waals surface area contributed by atoms with Crippen LogP contribution in [0.2, 0.25) is 0 Å². The number of aromatic nitrogens is 4. The number of pyridine rings is 1. The zero-order valence-electron chi connectivity index (χ0n) is 11.3. The van der Waals surface area contributed by atoms with Crippen molar-refractivity contribution in [3.8, 4) is 17.3 Å². The minimum atomic E-state index is 0.199. The third kappa shape index (κ3) is 2.34. The van der Waals surface area contributed by atoms with E-state index >= 15 is 0 Å². The summed E-state index contributed by atoms with van der Waals surface area (Å²) in [5.41, 5.74) is 6.37. The van der Waals surface area contributed by atoms with Crippen molar-refractivity contribution in [1.29, 1.82) is 0 Å². The first-order valence-electron chi connectivity index (χ1n) is 6.54. The van der Waals surface area contributed by atoms with E-state index in [-0.39, 0.29) is 5.95 Å². The Balaban J connectivity index is 2.04. The molecule has 7 heteroatoms. The molecule has 0 saturated carbocycles. The van der Waals surface area contributed by atoms with Crippen LogP contribution < -0.4 is 15.4 Å². The van der Waals surface area contributed by atoms with Crippen LogP contribution in [0.3, 0.4) is 0 Å². The van der Waals surface area contributed by atoms with Crippen LogP contribution in [0, 0.1) is 0 Å². The third-order valence-corrected chi connectivity index (χ3v) is 3.23. The average molecular weight is 272 g/mol. The maximum Gasteiger partial charge on any atom is 0.230 e. The topological polar surface area (TPSA) is 90.0 Å². The van der Waals surface area contributed by atoms with Gasteiger partial charge in [-0.05, 0) is 25.0 Å². The van der Waals surface area contributed by atoms with E-state index in [0.29, 0.717) is 23.2 Å². The van der Waals surface area contributed by atoms with Crippen LogP contribution in [0.1, 0.15) is 12.8 Å². The van der Waals surface area contributed by atoms with Crippen LogP contribution in [0.4, 0.5) is 11.9 Å². The smallest absolute Gasteiger partial charge is 0.230 e. The lowest BCUT2D eigenvalue weighted by molar-refractivity contribution is 0.414. The normalized spacial score (nSPS) is 14.6. The number of nitrogens with two attached hydrogens (primary N) is 1. The molecule has 0 atom stereocenters. The Hall–Kier alpha value is -2.44. The predicted molar refractivity (Wildman–Crippen MR) is 75.5 cm³/mol. The third-order valence-electron chi connectivity index (χ3n) is 3.23. The number of methoxy groups -OCH3 is 1. The van der Waals surface area contributed by atoms with Crippen LogP contribution in [-0.2, 0) is 0 Å². The molecule has 0 amide bonds. The molecule has 0 unspecified atom stereocenters. The largest absolute Gasteiger partial charge is 0.494 e. The van der Waals surface area contributed by atoms with Gasteiger partial charge in [0.2, 0.25) is 11.9 Å². The quantitative estimate of drug-likeness (QED) is 0.895. The van der Waals surface area contributed by atoms with Gasteiger partial charge >= 0.3 is 0 Å². The van der Waals surface area contributed by atoms with Gasteiger partial charge in [0.1, 0.15) is 11.4 Å². The first kappa shape index (κ1) is 12.6. The second kappa shape index (κ2) is 5.28. The number of ether oxygens (including phenoxy) is 1. The number of hydrogen-bond acceptors (Lipinski definition) is 7. The molecule has 3 heterocycles. The van der Waals surface area contributed by atoms with E-state index in [2.05, 4.69) is 24.8 Å². The first-order valence-corrected chi connectivity index (χ1v) is 6.54. The minimum Gasteiger partial charge on any atom is -0.494 e. The van der Waals surface area contributed by atoms with Crippen LogP contribution in [-0.4, -0.2) is 40.1 Å². The van der Waals surface area contributed by atoms with Crippen LogP contribution in [0.15, 0.2) is 18.3 Å². The summed E-state index contributed by atoms with van der Waals surface area (Å²) in [6.07, 6.45) is 3.97. The van der Waals surface area contributed by atoms with E-state index in [0.717, 1.165) is 25.9 Å². The fraction of sp³-hybridized carbons (Fsp3) is 0.385. The summed E-state index contributed by atoms with van der Waals surface area (Å²) in [6, 6.07) is 3.62. The number of hydrogen-bond donors (Lipinski definition) is 1. The lowest BCUT2D eigenvalue weighted by atomic mass is 10.3. The lowest BCUT2D eigenvalue weighted by Crippen LogP contribution is -2.21. The SMILES string of the molecule is COc1cccnc1-c1nc(N)nc(N2CCCC2)n1. The molecule has 0 aliphatic carbocycles. The highest BCUT2D eigenvalue weighted by Crippen LogP contribution is 2.26. The monoisotopic (exact) mass is 272 g/mol. The van der Waals surface area contributed by atoms with Gasteiger partial charge in [0.15, 0.2) is 5.82 Å². The van der Waals surface area contributed by atoms with Gasteiger partial charge in [-0.15, -0.1) is 0 Å². The van der Waals surface area contributed by atoms with Crippen molar-refractivity contribution >= 4 is 11.9 Å². The van der Waals surface area contributed by atoms with E-state index in [1.807, 2.05) is 6.07 Å². The molecule has 104 valence electrons. The average Bonchev–Trinajstić information content (AvgIpc) is 3.01. The van der Waals surface area contributed by atoms with Gasteiger partial charge in [0.05, 0.1) is 7.11 Å². The molecule has 2 aromatic rings. The van der Waals surface area contributed by atoms with Crippen molar-refractivity contribution in [2.24, 2.45) is 0 Å². The van der Waals surface area contributed by atoms with Crippen molar-refractivity contribution in [3.05, 3.63) is 18.3 Å². The van der Waals surface area contributed by atoms with E-state index < -0.39 is 0 Å². The Morgan fingerprint density at radius 2 is 2.00 bits per heavy atom. The molecule has 7 nitrogen and oxygen atoms in total. The van der Waals surface area contributed by atoms with Gasteiger partial charge < -0.3 is 15.4 Å². The fourth-order valence-corrected chi connectivity index (χ4v) is 2.27. The van der Waals surface area contributed by atoms with Gasteiger partial charge in [-0.25, -0.2) is 4.98 Å². The van der Waals surface area contributed by atoms with Crippen molar-refractivity contribution < 1.29 is 4.74 Å². The Morgan fingerprint density at radius 3 is 2.75 bits per heavy atom. The fourth-order valence-electron chi connectivity index (χ4n) is 2.27. The van der Waals surface area contributed by atoms with Gasteiger partial charge in [-0.1, -0.05) is 0 Å². The minimum absolute atomic E-state index is 0.199. The molecule has 1 fully saturated rings. The predicted octanol–water partition coefficient (Wildman–Crippen LogP) is 1.12. The van der Waals surface area contributed by atoms with Crippen LogP contribution in [0.25, 0.3) is 11.5 Å². The van der Waals surface area contributed by atoms with Crippen LogP contribution >= 0.6 is 0 Å². The Morgan fingerprint density at radius 1 is 1.20 bits per heavy atom. The Bertz CT molecular complexity index is 612. The number of nitrogen functional groups attached to an aromatic ring is 1. The molecular formula is C13H16N6O. The maximum absolute atomic E-state index is 5.80. The molecule has 1 aliphatic heterocycles. The molecule has 20 heavy (non-hydrogen) atoms. The number of anilines is 2. The second-order valence-electron chi connectivity index (χ2n) is 4.57. The number of nitrogens with zero attached hydrogens (tertiary/aromatic N) is 5. The zero-order chi connectivity index (χ0) is 13.9. The highest BCUT2D eigenvalue weighted by atomic mass is 16.5. The van der Waals surface area contributed by atoms with Gasteiger partial charge in [-0.3, -0.25) is 0 Å². The van der Waals surface area contributed by atoms with Crippen molar-refractivity contribution in [3.63, 3.8) is 0 Å². The molecule has 2 N–H and O–H groups in total. The Kier molecular flexibility index (Phi) is 3.32. The summed E-state index contributed by atoms with van der Waals surface area (Å²) in [5.74, 6) is 1.87. The zero-order valence-corrected chi connectivity index (χ0v) is 11.3. The molecule has 0 aromatic carbocycles. The summed E-state index contributed by atoms with van der Waals surface area (Å²) in [6.45, 7) is 1.89. The molecule has 0 radical (unpaired) electrons. The van der Waals surface area contributed by atoms with E-state index in [9.17, 15) is 0 Å². The maximum atomic E-state index is 5.80. The van der Waals surface area contributed by atoms with E-state index in [1.54, 1.807) is 19.4 Å². The molecule has 0 bridgehead atoms. The van der Waals surface area contributed by atoms with Crippen molar-refractivity contribution in [2.75, 3.05) is 30.8 Å². The highest BCUT2D eigenvalue weighted by Gasteiger charge is 2.19. The standard InChI is InChI=1S/C13H16N6O/c1-20-9-5-4-6-15-10(9)11-16-12(14)18-13(17-11)19-7-2-3-8-19/h4-6H,2-3,7-8H2,1H3,(H2,14,16,17,18).